The fourth-order valence-electron chi connectivity index (χ4n) is 4.19. The minimum absolute atomic E-state index is 0.667. The van der Waals surface area contributed by atoms with Crippen LogP contribution in [0.2, 0.25) is 0 Å². The summed E-state index contributed by atoms with van der Waals surface area (Å²) in [6.07, 6.45) is 4.54. The average molecular weight is 407 g/mol. The summed E-state index contributed by atoms with van der Waals surface area (Å²) >= 11 is 0. The number of hydrogen-bond donors (Lipinski definition) is 1. The van der Waals surface area contributed by atoms with Gasteiger partial charge in [-0.15, -0.1) is 0 Å². The number of aliphatic imine (C=N–C) groups is 1. The number of nitrogens with one attached hydrogen (secondary N) is 1. The summed E-state index contributed by atoms with van der Waals surface area (Å²) in [6, 6.07) is 15.1. The summed E-state index contributed by atoms with van der Waals surface area (Å²) in [5, 5.41) is 3.47. The van der Waals surface area contributed by atoms with Crippen molar-refractivity contribution in [2.75, 3.05) is 50.7 Å². The Balaban J connectivity index is 1.31. The topological polar surface area (TPSA) is 47.0 Å². The van der Waals surface area contributed by atoms with E-state index in [0.717, 1.165) is 69.7 Å². The van der Waals surface area contributed by atoms with E-state index in [4.69, 9.17) is 4.99 Å². The molecule has 4 rings (SSSR count). The third-order valence-corrected chi connectivity index (χ3v) is 5.91. The second-order valence-electron chi connectivity index (χ2n) is 8.14. The zero-order valence-electron chi connectivity index (χ0n) is 18.1. The zero-order valence-corrected chi connectivity index (χ0v) is 18.1. The van der Waals surface area contributed by atoms with Crippen molar-refractivity contribution in [3.05, 3.63) is 59.8 Å². The van der Waals surface area contributed by atoms with E-state index in [1.807, 2.05) is 6.20 Å². The molecule has 2 saturated heterocycles. The normalized spacial score (nSPS) is 18.1. The van der Waals surface area contributed by atoms with Crippen LogP contribution in [0.3, 0.4) is 0 Å². The lowest BCUT2D eigenvalue weighted by Crippen LogP contribution is -2.52. The molecule has 0 radical (unpaired) electrons. The maximum Gasteiger partial charge on any atom is 0.194 e. The van der Waals surface area contributed by atoms with E-state index >= 15 is 0 Å². The molecule has 1 aromatic heterocycles. The van der Waals surface area contributed by atoms with Gasteiger partial charge in [-0.3, -0.25) is 4.90 Å². The van der Waals surface area contributed by atoms with E-state index in [1.165, 1.54) is 18.4 Å². The lowest BCUT2D eigenvalue weighted by molar-refractivity contribution is 0.172. The maximum atomic E-state index is 4.90. The van der Waals surface area contributed by atoms with E-state index in [-0.39, 0.29) is 0 Å². The van der Waals surface area contributed by atoms with E-state index in [9.17, 15) is 0 Å². The van der Waals surface area contributed by atoms with Gasteiger partial charge in [0.25, 0.3) is 0 Å². The van der Waals surface area contributed by atoms with E-state index in [2.05, 4.69) is 74.4 Å². The Kier molecular flexibility index (Phi) is 7.19. The lowest BCUT2D eigenvalue weighted by Gasteiger charge is -2.36. The molecule has 0 amide bonds. The van der Waals surface area contributed by atoms with Crippen molar-refractivity contribution in [1.82, 2.24) is 20.1 Å². The van der Waals surface area contributed by atoms with Gasteiger partial charge in [0.1, 0.15) is 5.82 Å². The van der Waals surface area contributed by atoms with Gasteiger partial charge in [-0.05, 0) is 37.0 Å². The second-order valence-corrected chi connectivity index (χ2v) is 8.14. The molecule has 2 fully saturated rings. The molecule has 2 aromatic rings. The van der Waals surface area contributed by atoms with Crippen molar-refractivity contribution in [2.24, 2.45) is 4.99 Å². The number of rotatable bonds is 6. The third kappa shape index (κ3) is 5.51. The van der Waals surface area contributed by atoms with Crippen LogP contribution in [-0.4, -0.2) is 66.6 Å². The fraction of sp³-hybridized carbons (Fsp3) is 0.500. The lowest BCUT2D eigenvalue weighted by atomic mass is 10.2. The Morgan fingerprint density at radius 1 is 0.933 bits per heavy atom. The molecule has 0 aliphatic carbocycles. The van der Waals surface area contributed by atoms with Crippen molar-refractivity contribution in [3.63, 3.8) is 0 Å². The highest BCUT2D eigenvalue weighted by Gasteiger charge is 2.19. The summed E-state index contributed by atoms with van der Waals surface area (Å²) in [7, 11) is 0. The van der Waals surface area contributed by atoms with Gasteiger partial charge in [-0.25, -0.2) is 9.98 Å². The summed E-state index contributed by atoms with van der Waals surface area (Å²) in [5.74, 6) is 2.11. The molecule has 2 aliphatic heterocycles. The van der Waals surface area contributed by atoms with Crippen LogP contribution in [0.15, 0.2) is 53.7 Å². The predicted molar refractivity (Wildman–Crippen MR) is 124 cm³/mol. The maximum absolute atomic E-state index is 4.90. The highest BCUT2D eigenvalue weighted by Crippen LogP contribution is 2.18. The molecule has 0 spiro atoms. The summed E-state index contributed by atoms with van der Waals surface area (Å²) in [4.78, 5) is 16.8. The first-order valence-electron chi connectivity index (χ1n) is 11.3. The Hall–Kier alpha value is -2.60. The number of piperazine rings is 1. The molecule has 0 bridgehead atoms. The number of pyridine rings is 1. The van der Waals surface area contributed by atoms with Crippen molar-refractivity contribution >= 4 is 11.8 Å². The molecule has 30 heavy (non-hydrogen) atoms. The largest absolute Gasteiger partial charge is 0.357 e. The van der Waals surface area contributed by atoms with Crippen molar-refractivity contribution < 1.29 is 0 Å². The van der Waals surface area contributed by atoms with Gasteiger partial charge in [-0.1, -0.05) is 36.4 Å². The molecule has 0 atom stereocenters. The third-order valence-electron chi connectivity index (χ3n) is 5.91. The Labute approximate surface area is 180 Å². The number of nitrogens with zero attached hydrogens (tertiary/aromatic N) is 5. The molecule has 6 heteroatoms. The first-order valence-corrected chi connectivity index (χ1v) is 11.3. The number of anilines is 1. The predicted octanol–water partition coefficient (Wildman–Crippen LogP) is 2.97. The van der Waals surface area contributed by atoms with Gasteiger partial charge >= 0.3 is 0 Å². The molecule has 2 aliphatic rings. The zero-order chi connectivity index (χ0) is 20.6. The molecule has 3 heterocycles. The molecular weight excluding hydrogens is 372 g/mol. The number of aromatic nitrogens is 1. The number of hydrogen-bond acceptors (Lipinski definition) is 4. The van der Waals surface area contributed by atoms with E-state index in [1.54, 1.807) is 0 Å². The molecule has 160 valence electrons. The van der Waals surface area contributed by atoms with Crippen LogP contribution in [0.4, 0.5) is 5.82 Å². The van der Waals surface area contributed by atoms with Crippen LogP contribution < -0.4 is 10.2 Å². The van der Waals surface area contributed by atoms with Gasteiger partial charge < -0.3 is 15.1 Å². The van der Waals surface area contributed by atoms with Crippen LogP contribution >= 0.6 is 0 Å². The van der Waals surface area contributed by atoms with Crippen LogP contribution in [0.25, 0.3) is 0 Å². The molecular formula is C24H34N6. The molecule has 0 saturated carbocycles. The SMILES string of the molecule is CCNC(=NCc1ccc(N2CCCC2)nc1)N1CCN(Cc2ccccc2)CC1. The smallest absolute Gasteiger partial charge is 0.194 e. The van der Waals surface area contributed by atoms with Crippen LogP contribution in [-0.2, 0) is 13.1 Å². The quantitative estimate of drug-likeness (QED) is 0.590. The van der Waals surface area contributed by atoms with Crippen LogP contribution in [0.5, 0.6) is 0 Å². The standard InChI is InChI=1S/C24H34N6/c1-2-25-24(27-19-22-10-11-23(26-18-22)29-12-6-7-13-29)30-16-14-28(15-17-30)20-21-8-4-3-5-9-21/h3-5,8-11,18H,2,6-7,12-17,19-20H2,1H3,(H,25,27). The van der Waals surface area contributed by atoms with Crippen LogP contribution in [0, 0.1) is 0 Å². The van der Waals surface area contributed by atoms with Crippen molar-refractivity contribution in [3.8, 4) is 0 Å². The monoisotopic (exact) mass is 406 g/mol. The van der Waals surface area contributed by atoms with Crippen molar-refractivity contribution in [1.29, 1.82) is 0 Å². The van der Waals surface area contributed by atoms with Gasteiger partial charge in [0.05, 0.1) is 6.54 Å². The van der Waals surface area contributed by atoms with Gasteiger partial charge in [0.15, 0.2) is 5.96 Å². The van der Waals surface area contributed by atoms with Crippen LogP contribution in [0.1, 0.15) is 30.9 Å². The van der Waals surface area contributed by atoms with Gasteiger partial charge in [0.2, 0.25) is 0 Å². The molecule has 0 unspecified atom stereocenters. The number of guanidine groups is 1. The average Bonchev–Trinajstić information content (AvgIpc) is 3.33. The van der Waals surface area contributed by atoms with Gasteiger partial charge in [-0.2, -0.15) is 0 Å². The minimum atomic E-state index is 0.667. The summed E-state index contributed by atoms with van der Waals surface area (Å²) in [5.41, 5.74) is 2.55. The second kappa shape index (κ2) is 10.4. The van der Waals surface area contributed by atoms with Gasteiger partial charge in [0, 0.05) is 58.6 Å². The Bertz CT molecular complexity index is 790. The summed E-state index contributed by atoms with van der Waals surface area (Å²) in [6.45, 7) is 11.1. The first-order chi connectivity index (χ1) is 14.8. The van der Waals surface area contributed by atoms with E-state index < -0.39 is 0 Å². The minimum Gasteiger partial charge on any atom is -0.357 e. The molecule has 6 nitrogen and oxygen atoms in total. The Morgan fingerprint density at radius 2 is 1.70 bits per heavy atom. The van der Waals surface area contributed by atoms with E-state index in [0.29, 0.717) is 6.54 Å². The Morgan fingerprint density at radius 3 is 2.37 bits per heavy atom. The van der Waals surface area contributed by atoms with Crippen molar-refractivity contribution in [2.45, 2.75) is 32.9 Å². The summed E-state index contributed by atoms with van der Waals surface area (Å²) < 4.78 is 0. The number of benzene rings is 1. The fourth-order valence-corrected chi connectivity index (χ4v) is 4.19. The highest BCUT2D eigenvalue weighted by molar-refractivity contribution is 5.80. The first kappa shape index (κ1) is 20.7. The molecule has 1 N–H and O–H groups in total. The molecule has 1 aromatic carbocycles. The highest BCUT2D eigenvalue weighted by atomic mass is 15.3.